The fourth-order valence-electron chi connectivity index (χ4n) is 1.98. The molecule has 3 nitrogen and oxygen atoms in total. The largest absolute Gasteiger partial charge is 0.494 e. The number of carbonyl (C=O) groups excluding carboxylic acids is 1. The van der Waals surface area contributed by atoms with Crippen LogP contribution in [0.2, 0.25) is 0 Å². The van der Waals surface area contributed by atoms with Crippen molar-refractivity contribution in [2.24, 2.45) is 5.73 Å². The third kappa shape index (κ3) is 3.22. The molecule has 0 amide bonds. The van der Waals surface area contributed by atoms with Crippen molar-refractivity contribution in [2.45, 2.75) is 12.5 Å². The normalized spacial score (nSPS) is 11.9. The molecule has 0 saturated carbocycles. The van der Waals surface area contributed by atoms with E-state index >= 15 is 0 Å². The number of halogens is 1. The summed E-state index contributed by atoms with van der Waals surface area (Å²) in [7, 11) is 1.40. The summed E-state index contributed by atoms with van der Waals surface area (Å²) in [5, 5.41) is 0. The van der Waals surface area contributed by atoms with Gasteiger partial charge in [-0.1, -0.05) is 36.4 Å². The summed E-state index contributed by atoms with van der Waals surface area (Å²) in [6, 6.07) is 12.9. The SMILES string of the molecule is COc1ccc(CC(=O)[C@H](N)c2ccccc2)cc1F. The maximum atomic E-state index is 13.6. The number of hydrogen-bond acceptors (Lipinski definition) is 3. The smallest absolute Gasteiger partial charge is 0.165 e. The van der Waals surface area contributed by atoms with Crippen LogP contribution in [-0.4, -0.2) is 12.9 Å². The van der Waals surface area contributed by atoms with Gasteiger partial charge < -0.3 is 10.5 Å². The van der Waals surface area contributed by atoms with E-state index in [1.54, 1.807) is 18.2 Å². The number of ketones is 1. The number of Topliss-reactive ketones (excluding diaryl/α,β-unsaturated/α-hetero) is 1. The summed E-state index contributed by atoms with van der Waals surface area (Å²) in [5.41, 5.74) is 7.25. The summed E-state index contributed by atoms with van der Waals surface area (Å²) >= 11 is 0. The van der Waals surface area contributed by atoms with E-state index in [1.165, 1.54) is 19.2 Å². The second-order valence-corrected chi connectivity index (χ2v) is 4.50. The van der Waals surface area contributed by atoms with Crippen molar-refractivity contribution >= 4 is 5.78 Å². The first kappa shape index (κ1) is 14.2. The highest BCUT2D eigenvalue weighted by Crippen LogP contribution is 2.19. The molecular formula is C16H16FNO2. The maximum Gasteiger partial charge on any atom is 0.165 e. The molecule has 20 heavy (non-hydrogen) atoms. The summed E-state index contributed by atoms with van der Waals surface area (Å²) in [6.07, 6.45) is 0.0942. The molecule has 0 unspecified atom stereocenters. The zero-order valence-electron chi connectivity index (χ0n) is 11.2. The minimum Gasteiger partial charge on any atom is -0.494 e. The van der Waals surface area contributed by atoms with Crippen LogP contribution in [0.5, 0.6) is 5.75 Å². The van der Waals surface area contributed by atoms with E-state index in [0.717, 1.165) is 5.56 Å². The highest BCUT2D eigenvalue weighted by molar-refractivity contribution is 5.87. The molecule has 0 heterocycles. The van der Waals surface area contributed by atoms with Crippen LogP contribution in [-0.2, 0) is 11.2 Å². The Kier molecular flexibility index (Phi) is 4.48. The number of methoxy groups -OCH3 is 1. The van der Waals surface area contributed by atoms with E-state index in [-0.39, 0.29) is 18.0 Å². The Bertz CT molecular complexity index is 599. The Labute approximate surface area is 117 Å². The van der Waals surface area contributed by atoms with Gasteiger partial charge in [0, 0.05) is 6.42 Å². The van der Waals surface area contributed by atoms with Gasteiger partial charge >= 0.3 is 0 Å². The lowest BCUT2D eigenvalue weighted by Crippen LogP contribution is -2.23. The number of carbonyl (C=O) groups is 1. The van der Waals surface area contributed by atoms with Crippen LogP contribution in [0.25, 0.3) is 0 Å². The standard InChI is InChI=1S/C16H16FNO2/c1-20-15-8-7-11(9-13(15)17)10-14(19)16(18)12-5-3-2-4-6-12/h2-9,16H,10,18H2,1H3/t16-/m1/s1. The topological polar surface area (TPSA) is 52.3 Å². The van der Waals surface area contributed by atoms with Crippen LogP contribution in [0, 0.1) is 5.82 Å². The van der Waals surface area contributed by atoms with Crippen molar-refractivity contribution in [1.29, 1.82) is 0 Å². The lowest BCUT2D eigenvalue weighted by atomic mass is 9.98. The van der Waals surface area contributed by atoms with Gasteiger partial charge in [-0.2, -0.15) is 0 Å². The molecule has 0 aliphatic heterocycles. The number of benzene rings is 2. The molecule has 2 aromatic carbocycles. The summed E-state index contributed by atoms with van der Waals surface area (Å²) in [4.78, 5) is 12.1. The van der Waals surface area contributed by atoms with Gasteiger partial charge in [0.25, 0.3) is 0 Å². The van der Waals surface area contributed by atoms with Crippen molar-refractivity contribution < 1.29 is 13.9 Å². The average molecular weight is 273 g/mol. The van der Waals surface area contributed by atoms with Gasteiger partial charge in [0.1, 0.15) is 0 Å². The molecule has 0 aromatic heterocycles. The number of rotatable bonds is 5. The molecule has 2 rings (SSSR count). The average Bonchev–Trinajstić information content (AvgIpc) is 2.47. The zero-order chi connectivity index (χ0) is 14.5. The molecule has 0 saturated heterocycles. The van der Waals surface area contributed by atoms with Gasteiger partial charge in [0.05, 0.1) is 13.2 Å². The Morgan fingerprint density at radius 3 is 2.55 bits per heavy atom. The van der Waals surface area contributed by atoms with E-state index in [1.807, 2.05) is 18.2 Å². The molecule has 0 fully saturated rings. The molecule has 104 valence electrons. The molecule has 4 heteroatoms. The maximum absolute atomic E-state index is 13.6. The lowest BCUT2D eigenvalue weighted by Gasteiger charge is -2.11. The van der Waals surface area contributed by atoms with Crippen molar-refractivity contribution in [3.05, 3.63) is 65.5 Å². The first-order chi connectivity index (χ1) is 9.61. The van der Waals surface area contributed by atoms with Gasteiger partial charge in [-0.05, 0) is 23.3 Å². The predicted molar refractivity (Wildman–Crippen MR) is 75.0 cm³/mol. The molecule has 0 aliphatic carbocycles. The summed E-state index contributed by atoms with van der Waals surface area (Å²) in [6.45, 7) is 0. The third-order valence-corrected chi connectivity index (χ3v) is 3.10. The first-order valence-corrected chi connectivity index (χ1v) is 6.27. The Balaban J connectivity index is 2.10. The fraction of sp³-hybridized carbons (Fsp3) is 0.188. The monoisotopic (exact) mass is 273 g/mol. The second-order valence-electron chi connectivity index (χ2n) is 4.50. The van der Waals surface area contributed by atoms with Crippen molar-refractivity contribution in [1.82, 2.24) is 0 Å². The minimum absolute atomic E-state index is 0.0942. The Hall–Kier alpha value is -2.20. The zero-order valence-corrected chi connectivity index (χ0v) is 11.2. The van der Waals surface area contributed by atoms with Gasteiger partial charge in [-0.3, -0.25) is 4.79 Å². The predicted octanol–water partition coefficient (Wildman–Crippen LogP) is 2.65. The van der Waals surface area contributed by atoms with Crippen LogP contribution < -0.4 is 10.5 Å². The first-order valence-electron chi connectivity index (χ1n) is 6.27. The van der Waals surface area contributed by atoms with Gasteiger partial charge in [0.15, 0.2) is 17.3 Å². The molecule has 0 radical (unpaired) electrons. The van der Waals surface area contributed by atoms with Crippen LogP contribution in [0.15, 0.2) is 48.5 Å². The molecule has 0 bridgehead atoms. The van der Waals surface area contributed by atoms with E-state index < -0.39 is 11.9 Å². The molecular weight excluding hydrogens is 257 g/mol. The van der Waals surface area contributed by atoms with Crippen LogP contribution in [0.3, 0.4) is 0 Å². The van der Waals surface area contributed by atoms with Crippen molar-refractivity contribution in [3.8, 4) is 5.75 Å². The highest BCUT2D eigenvalue weighted by atomic mass is 19.1. The van der Waals surface area contributed by atoms with Crippen LogP contribution >= 0.6 is 0 Å². The highest BCUT2D eigenvalue weighted by Gasteiger charge is 2.16. The van der Waals surface area contributed by atoms with E-state index in [2.05, 4.69) is 0 Å². The quantitative estimate of drug-likeness (QED) is 0.911. The fourth-order valence-corrected chi connectivity index (χ4v) is 1.98. The number of hydrogen-bond donors (Lipinski definition) is 1. The Morgan fingerprint density at radius 1 is 1.25 bits per heavy atom. The van der Waals surface area contributed by atoms with Crippen molar-refractivity contribution in [2.75, 3.05) is 7.11 Å². The molecule has 1 atom stereocenters. The summed E-state index contributed by atoms with van der Waals surface area (Å²) < 4.78 is 18.4. The van der Waals surface area contributed by atoms with Gasteiger partial charge in [-0.15, -0.1) is 0 Å². The number of ether oxygens (including phenoxy) is 1. The van der Waals surface area contributed by atoms with E-state index in [0.29, 0.717) is 5.56 Å². The number of nitrogens with two attached hydrogens (primary N) is 1. The summed E-state index contributed by atoms with van der Waals surface area (Å²) in [5.74, 6) is -0.472. The second kappa shape index (κ2) is 6.30. The molecule has 0 aliphatic rings. The van der Waals surface area contributed by atoms with E-state index in [4.69, 9.17) is 10.5 Å². The lowest BCUT2D eigenvalue weighted by molar-refractivity contribution is -0.119. The molecule has 2 aromatic rings. The van der Waals surface area contributed by atoms with Gasteiger partial charge in [-0.25, -0.2) is 4.39 Å². The minimum atomic E-state index is -0.693. The van der Waals surface area contributed by atoms with Crippen LogP contribution in [0.1, 0.15) is 17.2 Å². The van der Waals surface area contributed by atoms with E-state index in [9.17, 15) is 9.18 Å². The van der Waals surface area contributed by atoms with Gasteiger partial charge in [0.2, 0.25) is 0 Å². The molecule has 0 spiro atoms. The van der Waals surface area contributed by atoms with Crippen LogP contribution in [0.4, 0.5) is 4.39 Å². The Morgan fingerprint density at radius 2 is 1.95 bits per heavy atom. The van der Waals surface area contributed by atoms with Crippen molar-refractivity contribution in [3.63, 3.8) is 0 Å². The molecule has 2 N–H and O–H groups in total. The third-order valence-electron chi connectivity index (χ3n) is 3.10.